The first-order valence-corrected chi connectivity index (χ1v) is 5.84. The number of aliphatic hydroxyl groups excluding tert-OH is 1. The van der Waals surface area contributed by atoms with Gasteiger partial charge in [-0.15, -0.1) is 0 Å². The highest BCUT2D eigenvalue weighted by molar-refractivity contribution is 4.91. The molecular weight excluding hydrogens is 190 g/mol. The maximum absolute atomic E-state index is 10.1. The first kappa shape index (κ1) is 10.6. The Kier molecular flexibility index (Phi) is 3.36. The zero-order chi connectivity index (χ0) is 10.7. The maximum atomic E-state index is 10.1. The molecule has 0 radical (unpaired) electrons. The molecule has 0 spiro atoms. The molecule has 2 N–H and O–H groups in total. The van der Waals surface area contributed by atoms with E-state index in [1.165, 1.54) is 25.6 Å². The van der Waals surface area contributed by atoms with Crippen molar-refractivity contribution in [2.75, 3.05) is 0 Å². The molecule has 4 heteroatoms. The van der Waals surface area contributed by atoms with Crippen molar-refractivity contribution in [1.82, 2.24) is 15.2 Å². The largest absolute Gasteiger partial charge is 0.385 e. The Morgan fingerprint density at radius 2 is 2.20 bits per heavy atom. The normalized spacial score (nSPS) is 28.9. The SMILES string of the molecule is CCC1CCC(C(O)c2ncn[nH]2)CC1. The van der Waals surface area contributed by atoms with Crippen LogP contribution in [0, 0.1) is 11.8 Å². The fraction of sp³-hybridized carbons (Fsp3) is 0.818. The summed E-state index contributed by atoms with van der Waals surface area (Å²) in [4.78, 5) is 4.01. The average Bonchev–Trinajstić information content (AvgIpc) is 2.82. The number of rotatable bonds is 3. The van der Waals surface area contributed by atoms with Crippen LogP contribution in [0.15, 0.2) is 6.33 Å². The lowest BCUT2D eigenvalue weighted by Crippen LogP contribution is -2.21. The molecule has 0 aliphatic heterocycles. The lowest BCUT2D eigenvalue weighted by molar-refractivity contribution is 0.0662. The Bertz CT molecular complexity index is 278. The van der Waals surface area contributed by atoms with Crippen molar-refractivity contribution in [3.63, 3.8) is 0 Å². The molecule has 1 unspecified atom stereocenters. The van der Waals surface area contributed by atoms with Crippen molar-refractivity contribution in [1.29, 1.82) is 0 Å². The fourth-order valence-corrected chi connectivity index (χ4v) is 2.49. The monoisotopic (exact) mass is 209 g/mol. The van der Waals surface area contributed by atoms with E-state index in [0.717, 1.165) is 18.8 Å². The molecule has 84 valence electrons. The molecule has 4 nitrogen and oxygen atoms in total. The highest BCUT2D eigenvalue weighted by Gasteiger charge is 2.27. The zero-order valence-electron chi connectivity index (χ0n) is 9.19. The third kappa shape index (κ3) is 2.37. The topological polar surface area (TPSA) is 61.8 Å². The summed E-state index contributed by atoms with van der Waals surface area (Å²) in [7, 11) is 0. The quantitative estimate of drug-likeness (QED) is 0.801. The van der Waals surface area contributed by atoms with Gasteiger partial charge in [0.25, 0.3) is 0 Å². The molecule has 0 saturated heterocycles. The second-order valence-electron chi connectivity index (χ2n) is 4.50. The zero-order valence-corrected chi connectivity index (χ0v) is 9.19. The molecule has 1 fully saturated rings. The van der Waals surface area contributed by atoms with Crippen LogP contribution >= 0.6 is 0 Å². The van der Waals surface area contributed by atoms with Gasteiger partial charge in [0, 0.05) is 0 Å². The van der Waals surface area contributed by atoms with E-state index in [9.17, 15) is 5.11 Å². The Morgan fingerprint density at radius 1 is 1.47 bits per heavy atom. The first-order valence-electron chi connectivity index (χ1n) is 5.84. The van der Waals surface area contributed by atoms with Crippen LogP contribution in [0.3, 0.4) is 0 Å². The number of H-pyrrole nitrogens is 1. The van der Waals surface area contributed by atoms with Crippen molar-refractivity contribution in [2.45, 2.75) is 45.1 Å². The molecule has 1 aromatic heterocycles. The molecule has 0 bridgehead atoms. The van der Waals surface area contributed by atoms with Gasteiger partial charge in [0.1, 0.15) is 12.4 Å². The Hall–Kier alpha value is -0.900. The first-order chi connectivity index (χ1) is 7.31. The Balaban J connectivity index is 1.90. The van der Waals surface area contributed by atoms with Crippen LogP contribution in [0.4, 0.5) is 0 Å². The fourth-order valence-electron chi connectivity index (χ4n) is 2.49. The number of hydrogen-bond donors (Lipinski definition) is 2. The van der Waals surface area contributed by atoms with Crippen molar-refractivity contribution in [3.8, 4) is 0 Å². The van der Waals surface area contributed by atoms with Gasteiger partial charge in [-0.2, -0.15) is 5.10 Å². The molecule has 1 aromatic rings. The van der Waals surface area contributed by atoms with Gasteiger partial charge < -0.3 is 5.11 Å². The number of hydrogen-bond acceptors (Lipinski definition) is 3. The number of aliphatic hydroxyl groups is 1. The van der Waals surface area contributed by atoms with E-state index in [1.54, 1.807) is 0 Å². The molecule has 1 aliphatic carbocycles. The van der Waals surface area contributed by atoms with Crippen LogP contribution in [-0.4, -0.2) is 20.3 Å². The lowest BCUT2D eigenvalue weighted by Gasteiger charge is -2.29. The summed E-state index contributed by atoms with van der Waals surface area (Å²) < 4.78 is 0. The van der Waals surface area contributed by atoms with Crippen LogP contribution in [0.2, 0.25) is 0 Å². The minimum atomic E-state index is -0.453. The molecule has 2 rings (SSSR count). The molecule has 1 heterocycles. The van der Waals surface area contributed by atoms with E-state index in [1.807, 2.05) is 0 Å². The summed E-state index contributed by atoms with van der Waals surface area (Å²) in [6.45, 7) is 2.25. The van der Waals surface area contributed by atoms with Crippen LogP contribution < -0.4 is 0 Å². The van der Waals surface area contributed by atoms with E-state index in [-0.39, 0.29) is 0 Å². The predicted octanol–water partition coefficient (Wildman–Crippen LogP) is 2.05. The summed E-state index contributed by atoms with van der Waals surface area (Å²) >= 11 is 0. The van der Waals surface area contributed by atoms with Crippen LogP contribution in [0.25, 0.3) is 0 Å². The van der Waals surface area contributed by atoms with E-state index >= 15 is 0 Å². The molecule has 0 amide bonds. The predicted molar refractivity (Wildman–Crippen MR) is 57.1 cm³/mol. The number of aromatic nitrogens is 3. The van der Waals surface area contributed by atoms with Crippen molar-refractivity contribution < 1.29 is 5.11 Å². The molecular formula is C11H19N3O. The second kappa shape index (κ2) is 4.75. The van der Waals surface area contributed by atoms with Crippen molar-refractivity contribution >= 4 is 0 Å². The molecule has 1 aliphatic rings. The van der Waals surface area contributed by atoms with Gasteiger partial charge >= 0.3 is 0 Å². The van der Waals surface area contributed by atoms with Gasteiger partial charge in [0.2, 0.25) is 0 Å². The number of nitrogens with zero attached hydrogens (tertiary/aromatic N) is 2. The second-order valence-corrected chi connectivity index (χ2v) is 4.50. The van der Waals surface area contributed by atoms with E-state index in [2.05, 4.69) is 22.1 Å². The van der Waals surface area contributed by atoms with Gasteiger partial charge in [-0.05, 0) is 24.7 Å². The lowest BCUT2D eigenvalue weighted by atomic mass is 9.78. The Labute approximate surface area is 90.1 Å². The minimum absolute atomic E-state index is 0.362. The number of aromatic amines is 1. The van der Waals surface area contributed by atoms with Gasteiger partial charge in [-0.25, -0.2) is 4.98 Å². The van der Waals surface area contributed by atoms with Crippen LogP contribution in [-0.2, 0) is 0 Å². The van der Waals surface area contributed by atoms with Gasteiger partial charge in [-0.1, -0.05) is 26.2 Å². The van der Waals surface area contributed by atoms with E-state index in [4.69, 9.17) is 0 Å². The molecule has 0 aromatic carbocycles. The number of nitrogens with one attached hydrogen (secondary N) is 1. The standard InChI is InChI=1S/C11H19N3O/c1-2-8-3-5-9(6-4-8)10(15)11-12-7-13-14-11/h7-10,15H,2-6H2,1H3,(H,12,13,14). The van der Waals surface area contributed by atoms with E-state index < -0.39 is 6.10 Å². The summed E-state index contributed by atoms with van der Waals surface area (Å²) in [6.07, 6.45) is 6.98. The molecule has 1 atom stereocenters. The summed E-state index contributed by atoms with van der Waals surface area (Å²) in [5.41, 5.74) is 0. The highest BCUT2D eigenvalue weighted by atomic mass is 16.3. The smallest absolute Gasteiger partial charge is 0.153 e. The van der Waals surface area contributed by atoms with Gasteiger partial charge in [0.05, 0.1) is 0 Å². The minimum Gasteiger partial charge on any atom is -0.385 e. The summed E-state index contributed by atoms with van der Waals surface area (Å²) in [5, 5.41) is 16.6. The van der Waals surface area contributed by atoms with Crippen LogP contribution in [0.1, 0.15) is 51.0 Å². The third-order valence-electron chi connectivity index (χ3n) is 3.63. The Morgan fingerprint density at radius 3 is 2.73 bits per heavy atom. The third-order valence-corrected chi connectivity index (χ3v) is 3.63. The highest BCUT2D eigenvalue weighted by Crippen LogP contribution is 2.36. The van der Waals surface area contributed by atoms with Gasteiger partial charge in [0.15, 0.2) is 5.82 Å². The van der Waals surface area contributed by atoms with Crippen molar-refractivity contribution in [2.24, 2.45) is 11.8 Å². The van der Waals surface area contributed by atoms with Gasteiger partial charge in [-0.3, -0.25) is 5.10 Å². The maximum Gasteiger partial charge on any atom is 0.153 e. The summed E-state index contributed by atoms with van der Waals surface area (Å²) in [5.74, 6) is 1.85. The molecule has 15 heavy (non-hydrogen) atoms. The van der Waals surface area contributed by atoms with E-state index in [0.29, 0.717) is 11.7 Å². The van der Waals surface area contributed by atoms with Crippen LogP contribution in [0.5, 0.6) is 0 Å². The molecule has 1 saturated carbocycles. The summed E-state index contributed by atoms with van der Waals surface area (Å²) in [6, 6.07) is 0. The van der Waals surface area contributed by atoms with Crippen molar-refractivity contribution in [3.05, 3.63) is 12.2 Å². The average molecular weight is 209 g/mol.